The van der Waals surface area contributed by atoms with E-state index in [-0.39, 0.29) is 24.5 Å². The molecule has 1 aliphatic heterocycles. The third kappa shape index (κ3) is 6.45. The lowest BCUT2D eigenvalue weighted by atomic mass is 10.1. The summed E-state index contributed by atoms with van der Waals surface area (Å²) >= 11 is 0. The Kier molecular flexibility index (Phi) is 7.86. The van der Waals surface area contributed by atoms with E-state index in [0.29, 0.717) is 31.2 Å². The second kappa shape index (κ2) is 10.8. The Morgan fingerprint density at radius 2 is 1.97 bits per heavy atom. The molecule has 7 nitrogen and oxygen atoms in total. The van der Waals surface area contributed by atoms with Crippen molar-refractivity contribution in [1.82, 2.24) is 10.6 Å². The monoisotopic (exact) mass is 399 g/mol. The van der Waals surface area contributed by atoms with Gasteiger partial charge in [-0.25, -0.2) is 0 Å². The molecule has 0 radical (unpaired) electrons. The van der Waals surface area contributed by atoms with Crippen molar-refractivity contribution in [2.45, 2.75) is 19.6 Å². The van der Waals surface area contributed by atoms with Gasteiger partial charge < -0.3 is 30.5 Å². The lowest BCUT2D eigenvalue weighted by Crippen LogP contribution is -2.30. The van der Waals surface area contributed by atoms with Gasteiger partial charge in [0.25, 0.3) is 5.91 Å². The minimum atomic E-state index is -0.292. The average molecular weight is 399 g/mol. The fourth-order valence-corrected chi connectivity index (χ4v) is 3.24. The zero-order chi connectivity index (χ0) is 20.5. The van der Waals surface area contributed by atoms with Crippen molar-refractivity contribution >= 4 is 11.6 Å². The van der Waals surface area contributed by atoms with Gasteiger partial charge in [-0.3, -0.25) is 4.79 Å². The second-order valence-corrected chi connectivity index (χ2v) is 7.03. The van der Waals surface area contributed by atoms with Crippen molar-refractivity contribution < 1.29 is 19.4 Å². The summed E-state index contributed by atoms with van der Waals surface area (Å²) in [6.45, 7) is 5.21. The number of hydrogen-bond donors (Lipinski definition) is 4. The number of aliphatic hydroxyl groups is 1. The van der Waals surface area contributed by atoms with E-state index < -0.39 is 0 Å². The van der Waals surface area contributed by atoms with Crippen LogP contribution in [0.3, 0.4) is 0 Å². The number of amides is 1. The summed E-state index contributed by atoms with van der Waals surface area (Å²) < 4.78 is 11.4. The number of β-amino-alcohol motifs (C(OH)–C–C–N with tert-alkyl or cyclic N) is 1. The van der Waals surface area contributed by atoms with Crippen LogP contribution in [0.4, 0.5) is 5.69 Å². The standard InChI is InChI=1S/C22H29N3O4/c1-2-28-21-10-16(11-23-12-17-13-24-14-19(17)26)8-9-20(21)29-15-22(27)25-18-6-4-3-5-7-18/h3-10,17,19,23-24,26H,2,11-15H2,1H3,(H,25,27). The summed E-state index contributed by atoms with van der Waals surface area (Å²) in [6, 6.07) is 15.0. The number of carbonyl (C=O) groups excluding carboxylic acids is 1. The molecule has 0 bridgehead atoms. The number of para-hydroxylation sites is 1. The highest BCUT2D eigenvalue weighted by molar-refractivity contribution is 5.91. The van der Waals surface area contributed by atoms with Crippen LogP contribution < -0.4 is 25.4 Å². The number of anilines is 1. The van der Waals surface area contributed by atoms with Crippen molar-refractivity contribution in [2.24, 2.45) is 5.92 Å². The average Bonchev–Trinajstić information content (AvgIpc) is 3.13. The molecule has 2 unspecified atom stereocenters. The van der Waals surface area contributed by atoms with E-state index in [9.17, 15) is 9.90 Å². The van der Waals surface area contributed by atoms with Gasteiger partial charge in [-0.2, -0.15) is 0 Å². The quantitative estimate of drug-likeness (QED) is 0.487. The predicted octanol–water partition coefficient (Wildman–Crippen LogP) is 1.77. The lowest BCUT2D eigenvalue weighted by Gasteiger charge is -2.16. The molecule has 156 valence electrons. The number of nitrogens with one attached hydrogen (secondary N) is 3. The van der Waals surface area contributed by atoms with Gasteiger partial charge in [0, 0.05) is 37.8 Å². The smallest absolute Gasteiger partial charge is 0.262 e. The molecular formula is C22H29N3O4. The molecule has 3 rings (SSSR count). The number of aliphatic hydroxyl groups excluding tert-OH is 1. The summed E-state index contributed by atoms with van der Waals surface area (Å²) in [5, 5.41) is 19.2. The highest BCUT2D eigenvalue weighted by Crippen LogP contribution is 2.28. The highest BCUT2D eigenvalue weighted by Gasteiger charge is 2.24. The predicted molar refractivity (Wildman–Crippen MR) is 112 cm³/mol. The highest BCUT2D eigenvalue weighted by atomic mass is 16.5. The van der Waals surface area contributed by atoms with E-state index >= 15 is 0 Å². The van der Waals surface area contributed by atoms with Gasteiger partial charge in [-0.1, -0.05) is 24.3 Å². The maximum atomic E-state index is 12.1. The van der Waals surface area contributed by atoms with Gasteiger partial charge in [0.2, 0.25) is 0 Å². The molecule has 4 N–H and O–H groups in total. The first-order chi connectivity index (χ1) is 14.2. The molecular weight excluding hydrogens is 370 g/mol. The topological polar surface area (TPSA) is 91.8 Å². The van der Waals surface area contributed by atoms with E-state index in [1.54, 1.807) is 0 Å². The SMILES string of the molecule is CCOc1cc(CNCC2CNCC2O)ccc1OCC(=O)Nc1ccccc1. The Hall–Kier alpha value is -2.61. The summed E-state index contributed by atoms with van der Waals surface area (Å²) in [5.74, 6) is 1.15. The molecule has 2 aromatic carbocycles. The number of carbonyl (C=O) groups is 1. The van der Waals surface area contributed by atoms with Crippen LogP contribution in [0.2, 0.25) is 0 Å². The van der Waals surface area contributed by atoms with E-state index in [1.165, 1.54) is 0 Å². The van der Waals surface area contributed by atoms with E-state index in [1.807, 2.05) is 55.5 Å². The Labute approximate surface area is 171 Å². The van der Waals surface area contributed by atoms with Crippen LogP contribution in [0.1, 0.15) is 12.5 Å². The van der Waals surface area contributed by atoms with Gasteiger partial charge in [0.1, 0.15) is 0 Å². The molecule has 29 heavy (non-hydrogen) atoms. The summed E-state index contributed by atoms with van der Waals surface area (Å²) in [7, 11) is 0. The molecule has 0 spiro atoms. The van der Waals surface area contributed by atoms with Crippen LogP contribution in [-0.2, 0) is 11.3 Å². The van der Waals surface area contributed by atoms with Gasteiger partial charge in [-0.15, -0.1) is 0 Å². The van der Waals surface area contributed by atoms with Crippen molar-refractivity contribution in [1.29, 1.82) is 0 Å². The van der Waals surface area contributed by atoms with Gasteiger partial charge >= 0.3 is 0 Å². The molecule has 1 saturated heterocycles. The Morgan fingerprint density at radius 3 is 2.69 bits per heavy atom. The first-order valence-electron chi connectivity index (χ1n) is 9.98. The first kappa shape index (κ1) is 21.1. The van der Waals surface area contributed by atoms with Crippen LogP contribution in [0.25, 0.3) is 0 Å². The first-order valence-corrected chi connectivity index (χ1v) is 9.98. The van der Waals surface area contributed by atoms with Crippen LogP contribution in [-0.4, -0.2) is 50.0 Å². The maximum absolute atomic E-state index is 12.1. The molecule has 2 atom stereocenters. The number of hydrogen-bond acceptors (Lipinski definition) is 6. The Bertz CT molecular complexity index is 785. The van der Waals surface area contributed by atoms with Crippen molar-refractivity contribution in [3.8, 4) is 11.5 Å². The van der Waals surface area contributed by atoms with Gasteiger partial charge in [0.15, 0.2) is 18.1 Å². The normalized spacial score (nSPS) is 18.4. The van der Waals surface area contributed by atoms with Crippen LogP contribution in [0.15, 0.2) is 48.5 Å². The molecule has 0 aliphatic carbocycles. The fraction of sp³-hybridized carbons (Fsp3) is 0.409. The molecule has 1 heterocycles. The second-order valence-electron chi connectivity index (χ2n) is 7.03. The molecule has 7 heteroatoms. The lowest BCUT2D eigenvalue weighted by molar-refractivity contribution is -0.118. The number of benzene rings is 2. The van der Waals surface area contributed by atoms with Crippen LogP contribution in [0.5, 0.6) is 11.5 Å². The number of ether oxygens (including phenoxy) is 2. The third-order valence-electron chi connectivity index (χ3n) is 4.76. The van der Waals surface area contributed by atoms with Gasteiger partial charge in [0.05, 0.1) is 12.7 Å². The maximum Gasteiger partial charge on any atom is 0.262 e. The van der Waals surface area contributed by atoms with E-state index in [4.69, 9.17) is 9.47 Å². The molecule has 0 aromatic heterocycles. The van der Waals surface area contributed by atoms with Crippen molar-refractivity contribution in [2.75, 3.05) is 38.2 Å². The Morgan fingerprint density at radius 1 is 1.14 bits per heavy atom. The van der Waals surface area contributed by atoms with Crippen molar-refractivity contribution in [3.05, 3.63) is 54.1 Å². The van der Waals surface area contributed by atoms with Crippen molar-refractivity contribution in [3.63, 3.8) is 0 Å². The zero-order valence-corrected chi connectivity index (χ0v) is 16.7. The molecule has 1 amide bonds. The summed E-state index contributed by atoms with van der Waals surface area (Å²) in [4.78, 5) is 12.1. The Balaban J connectivity index is 1.52. The number of rotatable bonds is 10. The largest absolute Gasteiger partial charge is 0.490 e. The van der Waals surface area contributed by atoms with Crippen LogP contribution >= 0.6 is 0 Å². The molecule has 0 saturated carbocycles. The van der Waals surface area contributed by atoms with E-state index in [2.05, 4.69) is 16.0 Å². The third-order valence-corrected chi connectivity index (χ3v) is 4.76. The summed E-state index contributed by atoms with van der Waals surface area (Å²) in [6.07, 6.45) is -0.292. The minimum absolute atomic E-state index is 0.0981. The van der Waals surface area contributed by atoms with Gasteiger partial charge in [-0.05, 0) is 36.8 Å². The molecule has 2 aromatic rings. The minimum Gasteiger partial charge on any atom is -0.490 e. The molecule has 1 fully saturated rings. The van der Waals surface area contributed by atoms with E-state index in [0.717, 1.165) is 24.3 Å². The zero-order valence-electron chi connectivity index (χ0n) is 16.7. The summed E-state index contributed by atoms with van der Waals surface area (Å²) in [5.41, 5.74) is 1.78. The molecule has 1 aliphatic rings. The van der Waals surface area contributed by atoms with Crippen LogP contribution in [0, 0.1) is 5.92 Å². The fourth-order valence-electron chi connectivity index (χ4n) is 3.24.